The fraction of sp³-hybridized carbons (Fsp3) is 0.433. The summed E-state index contributed by atoms with van der Waals surface area (Å²) >= 11 is 5.96. The fourth-order valence-corrected chi connectivity index (χ4v) is 5.05. The maximum atomic E-state index is 13.3. The molecule has 2 aromatic carbocycles. The van der Waals surface area contributed by atoms with Gasteiger partial charge >= 0.3 is 12.0 Å². The summed E-state index contributed by atoms with van der Waals surface area (Å²) in [6, 6.07) is 14.0. The van der Waals surface area contributed by atoms with Crippen molar-refractivity contribution in [1.82, 2.24) is 20.0 Å². The maximum Gasteiger partial charge on any atom is 0.338 e. The number of nitrogens with zero attached hydrogens (tertiary/aromatic N) is 3. The highest BCUT2D eigenvalue weighted by Gasteiger charge is 2.38. The number of carbonyl (C=O) groups is 3. The number of ether oxygens (including phenoxy) is 1. The largest absolute Gasteiger partial charge is 0.463 e. The van der Waals surface area contributed by atoms with Crippen molar-refractivity contribution in [3.8, 4) is 0 Å². The summed E-state index contributed by atoms with van der Waals surface area (Å²) in [5.41, 5.74) is 3.61. The Balaban J connectivity index is 1.57. The molecule has 0 saturated carbocycles. The van der Waals surface area contributed by atoms with E-state index < -0.39 is 12.0 Å². The molecule has 2 aliphatic rings. The SMILES string of the molecule is CCOC(=O)C1=C(CN2CCN(C(=O)c3ccc(Cl)cc3)CC2)N(C)C(=O)N[C@@H]1c1ccc(C(C)(C)C)cc1. The lowest BCUT2D eigenvalue weighted by Gasteiger charge is -2.39. The molecule has 3 amide bonds. The van der Waals surface area contributed by atoms with Crippen molar-refractivity contribution < 1.29 is 19.1 Å². The Kier molecular flexibility index (Phi) is 8.67. The molecule has 2 aromatic rings. The van der Waals surface area contributed by atoms with Crippen molar-refractivity contribution >= 4 is 29.5 Å². The van der Waals surface area contributed by atoms with Gasteiger partial charge in [-0.2, -0.15) is 0 Å². The topological polar surface area (TPSA) is 82.2 Å². The first-order valence-electron chi connectivity index (χ1n) is 13.3. The Morgan fingerprint density at radius 3 is 2.18 bits per heavy atom. The summed E-state index contributed by atoms with van der Waals surface area (Å²) in [5, 5.41) is 3.58. The number of nitrogens with one attached hydrogen (secondary N) is 1. The number of hydrogen-bond donors (Lipinski definition) is 1. The van der Waals surface area contributed by atoms with E-state index in [1.165, 1.54) is 10.5 Å². The molecule has 1 fully saturated rings. The highest BCUT2D eigenvalue weighted by atomic mass is 35.5. The van der Waals surface area contributed by atoms with E-state index in [9.17, 15) is 14.4 Å². The second-order valence-corrected chi connectivity index (χ2v) is 11.4. The van der Waals surface area contributed by atoms with Crippen LogP contribution >= 0.6 is 11.6 Å². The van der Waals surface area contributed by atoms with Gasteiger partial charge in [-0.15, -0.1) is 0 Å². The van der Waals surface area contributed by atoms with Crippen LogP contribution in [0.3, 0.4) is 0 Å². The normalized spacial score (nSPS) is 18.7. The number of amides is 3. The van der Waals surface area contributed by atoms with Crippen LogP contribution in [-0.2, 0) is 14.9 Å². The van der Waals surface area contributed by atoms with Gasteiger partial charge in [-0.25, -0.2) is 9.59 Å². The zero-order valence-electron chi connectivity index (χ0n) is 23.3. The fourth-order valence-electron chi connectivity index (χ4n) is 4.92. The highest BCUT2D eigenvalue weighted by molar-refractivity contribution is 6.30. The molecule has 2 heterocycles. The van der Waals surface area contributed by atoms with E-state index in [4.69, 9.17) is 16.3 Å². The molecule has 1 saturated heterocycles. The van der Waals surface area contributed by atoms with Crippen LogP contribution in [0.25, 0.3) is 0 Å². The third-order valence-electron chi connectivity index (χ3n) is 7.31. The lowest BCUT2D eigenvalue weighted by Crippen LogP contribution is -2.53. The average Bonchev–Trinajstić information content (AvgIpc) is 2.91. The van der Waals surface area contributed by atoms with Gasteiger partial charge in [-0.3, -0.25) is 14.6 Å². The van der Waals surface area contributed by atoms with Crippen LogP contribution in [-0.4, -0.2) is 79.0 Å². The van der Waals surface area contributed by atoms with Gasteiger partial charge in [0.2, 0.25) is 0 Å². The molecule has 208 valence electrons. The number of benzene rings is 2. The molecule has 1 atom stereocenters. The molecule has 0 unspecified atom stereocenters. The van der Waals surface area contributed by atoms with Crippen molar-refractivity contribution in [2.75, 3.05) is 46.4 Å². The van der Waals surface area contributed by atoms with E-state index in [0.717, 1.165) is 5.56 Å². The van der Waals surface area contributed by atoms with E-state index in [2.05, 4.69) is 31.0 Å². The minimum Gasteiger partial charge on any atom is -0.463 e. The Bertz CT molecular complexity index is 1240. The first kappa shape index (κ1) is 28.6. The van der Waals surface area contributed by atoms with Gasteiger partial charge in [0, 0.05) is 56.1 Å². The number of hydrogen-bond acceptors (Lipinski definition) is 5. The quantitative estimate of drug-likeness (QED) is 0.529. The summed E-state index contributed by atoms with van der Waals surface area (Å²) in [7, 11) is 1.67. The van der Waals surface area contributed by atoms with Gasteiger partial charge in [0.1, 0.15) is 0 Å². The molecule has 0 bridgehead atoms. The summed E-state index contributed by atoms with van der Waals surface area (Å²) in [4.78, 5) is 44.8. The van der Waals surface area contributed by atoms with E-state index >= 15 is 0 Å². The van der Waals surface area contributed by atoms with Crippen LogP contribution in [0.1, 0.15) is 55.2 Å². The number of halogens is 1. The Hall–Kier alpha value is -3.36. The Morgan fingerprint density at radius 2 is 1.62 bits per heavy atom. The number of piperazine rings is 1. The molecule has 0 spiro atoms. The zero-order valence-corrected chi connectivity index (χ0v) is 24.0. The molecule has 0 radical (unpaired) electrons. The third kappa shape index (κ3) is 6.45. The Labute approximate surface area is 235 Å². The molecular weight excluding hydrogens is 516 g/mol. The van der Waals surface area contributed by atoms with Crippen molar-refractivity contribution in [1.29, 1.82) is 0 Å². The molecule has 0 aliphatic carbocycles. The third-order valence-corrected chi connectivity index (χ3v) is 7.56. The van der Waals surface area contributed by atoms with Crippen LogP contribution in [0.5, 0.6) is 0 Å². The van der Waals surface area contributed by atoms with Gasteiger partial charge in [0.05, 0.1) is 18.2 Å². The van der Waals surface area contributed by atoms with Gasteiger partial charge in [0.15, 0.2) is 0 Å². The molecule has 39 heavy (non-hydrogen) atoms. The lowest BCUT2D eigenvalue weighted by molar-refractivity contribution is -0.139. The van der Waals surface area contributed by atoms with Gasteiger partial charge in [-0.1, -0.05) is 56.6 Å². The predicted octanol–water partition coefficient (Wildman–Crippen LogP) is 4.61. The zero-order chi connectivity index (χ0) is 28.3. The minimum atomic E-state index is -0.621. The van der Waals surface area contributed by atoms with E-state index in [1.807, 2.05) is 29.2 Å². The standard InChI is InChI=1S/C30H37ClN4O4/c1-6-39-28(37)25-24(19-34-15-17-35(18-16-34)27(36)21-9-13-23(31)14-10-21)33(5)29(38)32-26(25)20-7-11-22(12-8-20)30(2,3)4/h7-14,26H,6,15-19H2,1-5H3,(H,32,38)/t26-/m1/s1. The predicted molar refractivity (Wildman–Crippen MR) is 152 cm³/mol. The van der Waals surface area contributed by atoms with Crippen molar-refractivity contribution in [3.63, 3.8) is 0 Å². The lowest BCUT2D eigenvalue weighted by atomic mass is 9.85. The van der Waals surface area contributed by atoms with Crippen LogP contribution in [0, 0.1) is 0 Å². The monoisotopic (exact) mass is 552 g/mol. The number of rotatable bonds is 6. The van der Waals surface area contributed by atoms with Crippen LogP contribution in [0.15, 0.2) is 59.8 Å². The van der Waals surface area contributed by atoms with E-state index in [1.54, 1.807) is 38.2 Å². The Morgan fingerprint density at radius 1 is 1.00 bits per heavy atom. The first-order chi connectivity index (χ1) is 18.5. The second kappa shape index (κ2) is 11.8. The number of likely N-dealkylation sites (N-methyl/N-ethyl adjacent to an activating group) is 1. The number of esters is 1. The van der Waals surface area contributed by atoms with Crippen LogP contribution in [0.2, 0.25) is 5.02 Å². The molecule has 1 N–H and O–H groups in total. The second-order valence-electron chi connectivity index (χ2n) is 11.0. The van der Waals surface area contributed by atoms with Crippen molar-refractivity contribution in [2.24, 2.45) is 0 Å². The maximum absolute atomic E-state index is 13.3. The van der Waals surface area contributed by atoms with Gasteiger partial charge in [-0.05, 0) is 47.7 Å². The van der Waals surface area contributed by atoms with E-state index in [-0.39, 0.29) is 24.0 Å². The van der Waals surface area contributed by atoms with Crippen LogP contribution in [0.4, 0.5) is 4.79 Å². The van der Waals surface area contributed by atoms with Gasteiger partial charge in [0.25, 0.3) is 5.91 Å². The molecule has 2 aliphatic heterocycles. The summed E-state index contributed by atoms with van der Waals surface area (Å²) in [6.07, 6.45) is 0. The van der Waals surface area contributed by atoms with E-state index in [0.29, 0.717) is 54.6 Å². The molecule has 0 aromatic heterocycles. The summed E-state index contributed by atoms with van der Waals surface area (Å²) in [6.45, 7) is 11.1. The molecule has 8 nitrogen and oxygen atoms in total. The summed E-state index contributed by atoms with van der Waals surface area (Å²) in [5.74, 6) is -0.480. The van der Waals surface area contributed by atoms with Gasteiger partial charge < -0.3 is 15.0 Å². The number of carbonyl (C=O) groups excluding carboxylic acids is 3. The number of urea groups is 1. The highest BCUT2D eigenvalue weighted by Crippen LogP contribution is 2.33. The summed E-state index contributed by atoms with van der Waals surface area (Å²) < 4.78 is 5.46. The molecule has 9 heteroatoms. The smallest absolute Gasteiger partial charge is 0.338 e. The minimum absolute atomic E-state index is 0.0172. The van der Waals surface area contributed by atoms with Crippen LogP contribution < -0.4 is 5.32 Å². The van der Waals surface area contributed by atoms with Crippen molar-refractivity contribution in [3.05, 3.63) is 81.5 Å². The molecular formula is C30H37ClN4O4. The average molecular weight is 553 g/mol. The molecule has 4 rings (SSSR count). The van der Waals surface area contributed by atoms with Crippen molar-refractivity contribution in [2.45, 2.75) is 39.2 Å². The first-order valence-corrected chi connectivity index (χ1v) is 13.7.